The summed E-state index contributed by atoms with van der Waals surface area (Å²) in [4.78, 5) is 12.1. The van der Waals surface area contributed by atoms with Crippen molar-refractivity contribution in [3.05, 3.63) is 54.0 Å². The quantitative estimate of drug-likeness (QED) is 0.251. The van der Waals surface area contributed by atoms with E-state index >= 15 is 0 Å². The number of carbonyl (C=O) groups is 1. The zero-order chi connectivity index (χ0) is 18.4. The van der Waals surface area contributed by atoms with Crippen LogP contribution >= 0.6 is 11.8 Å². The Bertz CT molecular complexity index is 905. The summed E-state index contributed by atoms with van der Waals surface area (Å²) in [6, 6.07) is 11.1. The van der Waals surface area contributed by atoms with Crippen LogP contribution in [-0.4, -0.2) is 32.7 Å². The van der Waals surface area contributed by atoms with Crippen LogP contribution in [0.5, 0.6) is 0 Å². The molecule has 3 rings (SSSR count). The third-order valence-corrected chi connectivity index (χ3v) is 4.26. The lowest BCUT2D eigenvalue weighted by Gasteiger charge is -2.07. The van der Waals surface area contributed by atoms with E-state index < -0.39 is 0 Å². The lowest BCUT2D eigenvalue weighted by atomic mass is 10.2. The van der Waals surface area contributed by atoms with Gasteiger partial charge < -0.3 is 15.6 Å². The molecule has 1 aromatic carbocycles. The molecule has 3 aromatic rings. The second kappa shape index (κ2) is 8.21. The molecular weight excluding hydrogens is 354 g/mol. The van der Waals surface area contributed by atoms with Crippen LogP contribution in [0, 0.1) is 6.92 Å². The Morgan fingerprint density at radius 2 is 2.19 bits per heavy atom. The number of nitrogens with one attached hydrogen (secondary N) is 2. The SMILES string of the molecule is Cc1ccccc1NC(=O)CSc1nnc(N/N=C/c2ccco2)n1N. The van der Waals surface area contributed by atoms with Gasteiger partial charge in [0.2, 0.25) is 11.1 Å². The fourth-order valence-electron chi connectivity index (χ4n) is 2.00. The number of anilines is 2. The number of carbonyl (C=O) groups excluding carboxylic acids is 1. The lowest BCUT2D eigenvalue weighted by molar-refractivity contribution is -0.113. The molecule has 2 heterocycles. The maximum Gasteiger partial charge on any atom is 0.264 e. The van der Waals surface area contributed by atoms with Crippen molar-refractivity contribution in [2.45, 2.75) is 12.1 Å². The number of aryl methyl sites for hydroxylation is 1. The number of benzene rings is 1. The average molecular weight is 371 g/mol. The van der Waals surface area contributed by atoms with Crippen molar-refractivity contribution in [3.8, 4) is 0 Å². The van der Waals surface area contributed by atoms with Crippen LogP contribution < -0.4 is 16.6 Å². The molecule has 0 saturated carbocycles. The average Bonchev–Trinajstić information content (AvgIpc) is 3.26. The first-order valence-corrected chi connectivity index (χ1v) is 8.63. The zero-order valence-electron chi connectivity index (χ0n) is 13.9. The summed E-state index contributed by atoms with van der Waals surface area (Å²) in [5.74, 6) is 6.73. The molecule has 0 radical (unpaired) electrons. The van der Waals surface area contributed by atoms with Crippen LogP contribution in [0.4, 0.5) is 11.6 Å². The maximum atomic E-state index is 12.1. The molecule has 9 nitrogen and oxygen atoms in total. The van der Waals surface area contributed by atoms with Gasteiger partial charge in [0.05, 0.1) is 18.2 Å². The molecule has 0 fully saturated rings. The number of para-hydroxylation sites is 1. The summed E-state index contributed by atoms with van der Waals surface area (Å²) in [6.45, 7) is 1.93. The first kappa shape index (κ1) is 17.5. The van der Waals surface area contributed by atoms with Crippen LogP contribution in [-0.2, 0) is 4.79 Å². The van der Waals surface area contributed by atoms with Crippen molar-refractivity contribution in [1.29, 1.82) is 0 Å². The number of amides is 1. The van der Waals surface area contributed by atoms with Crippen LogP contribution in [0.25, 0.3) is 0 Å². The summed E-state index contributed by atoms with van der Waals surface area (Å²) < 4.78 is 6.34. The Balaban J connectivity index is 1.53. The third-order valence-electron chi connectivity index (χ3n) is 3.32. The van der Waals surface area contributed by atoms with E-state index in [4.69, 9.17) is 10.3 Å². The maximum absolute atomic E-state index is 12.1. The molecule has 0 atom stereocenters. The summed E-state index contributed by atoms with van der Waals surface area (Å²) in [5, 5.41) is 15.0. The van der Waals surface area contributed by atoms with Gasteiger partial charge in [0, 0.05) is 5.69 Å². The van der Waals surface area contributed by atoms with Gasteiger partial charge in [0.1, 0.15) is 5.76 Å². The van der Waals surface area contributed by atoms with Gasteiger partial charge in [0.25, 0.3) is 5.95 Å². The van der Waals surface area contributed by atoms with Crippen LogP contribution in [0.1, 0.15) is 11.3 Å². The second-order valence-electron chi connectivity index (χ2n) is 5.21. The van der Waals surface area contributed by atoms with Crippen molar-refractivity contribution in [3.63, 3.8) is 0 Å². The van der Waals surface area contributed by atoms with Gasteiger partial charge in [-0.05, 0) is 30.7 Å². The molecule has 0 aliphatic carbocycles. The summed E-state index contributed by atoms with van der Waals surface area (Å²) in [6.07, 6.45) is 3.03. The molecule has 4 N–H and O–H groups in total. The number of hydrogen-bond acceptors (Lipinski definition) is 8. The Kier molecular flexibility index (Phi) is 5.54. The summed E-state index contributed by atoms with van der Waals surface area (Å²) in [5.41, 5.74) is 4.44. The second-order valence-corrected chi connectivity index (χ2v) is 6.16. The molecule has 26 heavy (non-hydrogen) atoms. The Morgan fingerprint density at radius 1 is 1.35 bits per heavy atom. The number of nitrogen functional groups attached to an aromatic ring is 1. The van der Waals surface area contributed by atoms with E-state index in [0.717, 1.165) is 11.3 Å². The molecule has 2 aromatic heterocycles. The van der Waals surface area contributed by atoms with Crippen LogP contribution in [0.3, 0.4) is 0 Å². The Labute approximate surface area is 153 Å². The fraction of sp³-hybridized carbons (Fsp3) is 0.125. The minimum absolute atomic E-state index is 0.152. The van der Waals surface area contributed by atoms with E-state index in [-0.39, 0.29) is 17.6 Å². The Hall–Kier alpha value is -3.27. The topological polar surface area (TPSA) is 123 Å². The van der Waals surface area contributed by atoms with Crippen molar-refractivity contribution >= 4 is 35.5 Å². The van der Waals surface area contributed by atoms with Gasteiger partial charge in [0.15, 0.2) is 0 Å². The third kappa shape index (κ3) is 4.42. The molecule has 0 spiro atoms. The molecule has 0 unspecified atom stereocenters. The van der Waals surface area contributed by atoms with Crippen LogP contribution in [0.2, 0.25) is 0 Å². The number of hydrogen-bond donors (Lipinski definition) is 3. The predicted octanol–water partition coefficient (Wildman–Crippen LogP) is 2.07. The van der Waals surface area contributed by atoms with Gasteiger partial charge in [-0.3, -0.25) is 4.79 Å². The lowest BCUT2D eigenvalue weighted by Crippen LogP contribution is -2.17. The molecule has 10 heteroatoms. The molecule has 134 valence electrons. The van der Waals surface area contributed by atoms with Gasteiger partial charge in [-0.25, -0.2) is 10.1 Å². The standard InChI is InChI=1S/C16H17N7O2S/c1-11-5-2-3-7-13(11)19-14(24)10-26-16-22-21-15(23(16)17)20-18-9-12-6-4-8-25-12/h2-9H,10,17H2,1H3,(H,19,24)(H,20,21)/b18-9+. The normalized spacial score (nSPS) is 11.0. The molecular formula is C16H17N7O2S. The Morgan fingerprint density at radius 3 is 2.96 bits per heavy atom. The van der Waals surface area contributed by atoms with Crippen molar-refractivity contribution in [1.82, 2.24) is 14.9 Å². The van der Waals surface area contributed by atoms with Gasteiger partial charge in [-0.15, -0.1) is 10.2 Å². The van der Waals surface area contributed by atoms with Crippen molar-refractivity contribution in [2.75, 3.05) is 22.3 Å². The fourth-order valence-corrected chi connectivity index (χ4v) is 2.66. The van der Waals surface area contributed by atoms with Crippen LogP contribution in [0.15, 0.2) is 57.3 Å². The number of thioether (sulfide) groups is 1. The van der Waals surface area contributed by atoms with E-state index in [9.17, 15) is 4.79 Å². The first-order chi connectivity index (χ1) is 12.6. The highest BCUT2D eigenvalue weighted by Crippen LogP contribution is 2.18. The van der Waals surface area contributed by atoms with Gasteiger partial charge >= 0.3 is 0 Å². The minimum Gasteiger partial charge on any atom is -0.463 e. The molecule has 0 bridgehead atoms. The highest BCUT2D eigenvalue weighted by atomic mass is 32.2. The number of aromatic nitrogens is 3. The first-order valence-electron chi connectivity index (χ1n) is 7.65. The van der Waals surface area contributed by atoms with E-state index in [1.54, 1.807) is 18.4 Å². The number of furan rings is 1. The molecule has 0 aliphatic rings. The number of rotatable bonds is 7. The summed E-state index contributed by atoms with van der Waals surface area (Å²) in [7, 11) is 0. The van der Waals surface area contributed by atoms with Gasteiger partial charge in [-0.1, -0.05) is 30.0 Å². The number of nitrogens with zero attached hydrogens (tertiary/aromatic N) is 4. The van der Waals surface area contributed by atoms with Crippen molar-refractivity contribution < 1.29 is 9.21 Å². The van der Waals surface area contributed by atoms with E-state index in [1.807, 2.05) is 31.2 Å². The summed E-state index contributed by atoms with van der Waals surface area (Å²) >= 11 is 1.17. The van der Waals surface area contributed by atoms with Gasteiger partial charge in [-0.2, -0.15) is 5.10 Å². The number of nitrogens with two attached hydrogens (primary N) is 1. The van der Waals surface area contributed by atoms with E-state index in [2.05, 4.69) is 26.0 Å². The minimum atomic E-state index is -0.155. The van der Waals surface area contributed by atoms with Crippen molar-refractivity contribution in [2.24, 2.45) is 5.10 Å². The van der Waals surface area contributed by atoms with E-state index in [0.29, 0.717) is 10.9 Å². The largest absolute Gasteiger partial charge is 0.463 e. The highest BCUT2D eigenvalue weighted by Gasteiger charge is 2.12. The predicted molar refractivity (Wildman–Crippen MR) is 101 cm³/mol. The zero-order valence-corrected chi connectivity index (χ0v) is 14.7. The number of hydrazone groups is 1. The van der Waals surface area contributed by atoms with E-state index in [1.165, 1.54) is 22.7 Å². The highest BCUT2D eigenvalue weighted by molar-refractivity contribution is 7.99. The molecule has 0 saturated heterocycles. The monoisotopic (exact) mass is 371 g/mol. The molecule has 0 aliphatic heterocycles. The smallest absolute Gasteiger partial charge is 0.264 e. The molecule has 1 amide bonds.